The van der Waals surface area contributed by atoms with E-state index in [4.69, 9.17) is 4.74 Å². The number of nitrogens with one attached hydrogen (secondary N) is 1. The molecular weight excluding hydrogens is 245 g/mol. The number of ether oxygens (including phenoxy) is 1. The lowest BCUT2D eigenvalue weighted by Gasteiger charge is -2.12. The van der Waals surface area contributed by atoms with Crippen LogP contribution in [0.1, 0.15) is 19.4 Å². The first kappa shape index (κ1) is 15.8. The molecule has 0 aliphatic heterocycles. The summed E-state index contributed by atoms with van der Waals surface area (Å²) in [5.74, 6) is -0.279. The first-order valence-corrected chi connectivity index (χ1v) is 6.43. The van der Waals surface area contributed by atoms with Crippen LogP contribution in [0.25, 0.3) is 0 Å². The van der Waals surface area contributed by atoms with Crippen LogP contribution in [0.2, 0.25) is 0 Å². The van der Waals surface area contributed by atoms with Crippen LogP contribution >= 0.6 is 0 Å². The molecule has 1 aromatic rings. The molecule has 0 aliphatic rings. The number of benzene rings is 1. The van der Waals surface area contributed by atoms with Gasteiger partial charge in [0.25, 0.3) is 0 Å². The monoisotopic (exact) mass is 267 g/mol. The number of allylic oxidation sites excluding steroid dienone is 1. The van der Waals surface area contributed by atoms with Gasteiger partial charge < -0.3 is 15.2 Å². The van der Waals surface area contributed by atoms with Crippen molar-refractivity contribution in [1.29, 1.82) is 0 Å². The second-order valence-corrected chi connectivity index (χ2v) is 4.70. The van der Waals surface area contributed by atoms with Crippen molar-refractivity contribution in [2.75, 3.05) is 19.7 Å². The highest BCUT2D eigenvalue weighted by Gasteiger charge is 2.05. The van der Waals surface area contributed by atoms with E-state index in [9.17, 15) is 9.50 Å². The Bertz CT molecular complexity index is 403. The van der Waals surface area contributed by atoms with E-state index in [0.29, 0.717) is 12.1 Å². The van der Waals surface area contributed by atoms with Gasteiger partial charge in [-0.2, -0.15) is 0 Å². The molecule has 0 aromatic heterocycles. The summed E-state index contributed by atoms with van der Waals surface area (Å²) in [6.45, 7) is 5.60. The van der Waals surface area contributed by atoms with Gasteiger partial charge in [-0.05, 0) is 19.9 Å². The summed E-state index contributed by atoms with van der Waals surface area (Å²) in [7, 11) is 0. The second kappa shape index (κ2) is 8.80. The summed E-state index contributed by atoms with van der Waals surface area (Å²) in [6, 6.07) is 6.48. The number of aliphatic hydroxyl groups is 1. The van der Waals surface area contributed by atoms with Crippen molar-refractivity contribution in [3.63, 3.8) is 0 Å². The van der Waals surface area contributed by atoms with E-state index in [1.54, 1.807) is 18.2 Å². The molecule has 0 aliphatic carbocycles. The Hall–Kier alpha value is -1.23. The minimum atomic E-state index is -0.586. The van der Waals surface area contributed by atoms with Crippen molar-refractivity contribution in [2.45, 2.75) is 26.6 Å². The first-order valence-electron chi connectivity index (χ1n) is 6.43. The van der Waals surface area contributed by atoms with E-state index < -0.39 is 6.10 Å². The second-order valence-electron chi connectivity index (χ2n) is 4.70. The van der Waals surface area contributed by atoms with Gasteiger partial charge in [0.2, 0.25) is 0 Å². The molecule has 1 rings (SSSR count). The van der Waals surface area contributed by atoms with Crippen molar-refractivity contribution in [1.82, 2.24) is 5.32 Å². The molecule has 0 radical (unpaired) electrons. The molecule has 0 saturated carbocycles. The van der Waals surface area contributed by atoms with Crippen LogP contribution < -0.4 is 5.32 Å². The molecule has 3 nitrogen and oxygen atoms in total. The average Bonchev–Trinajstić information content (AvgIpc) is 2.37. The van der Waals surface area contributed by atoms with Gasteiger partial charge >= 0.3 is 0 Å². The molecule has 4 heteroatoms. The Morgan fingerprint density at radius 2 is 2.16 bits per heavy atom. The van der Waals surface area contributed by atoms with Crippen LogP contribution in [0.5, 0.6) is 0 Å². The molecule has 0 spiro atoms. The minimum Gasteiger partial charge on any atom is -0.389 e. The van der Waals surface area contributed by atoms with E-state index in [1.165, 1.54) is 11.6 Å². The van der Waals surface area contributed by atoms with E-state index in [2.05, 4.69) is 5.32 Å². The van der Waals surface area contributed by atoms with Gasteiger partial charge in [-0.3, -0.25) is 0 Å². The summed E-state index contributed by atoms with van der Waals surface area (Å²) in [4.78, 5) is 0. The smallest absolute Gasteiger partial charge is 0.128 e. The van der Waals surface area contributed by atoms with Gasteiger partial charge in [-0.25, -0.2) is 4.39 Å². The van der Waals surface area contributed by atoms with Crippen molar-refractivity contribution in [3.8, 4) is 0 Å². The Labute approximate surface area is 114 Å². The lowest BCUT2D eigenvalue weighted by Crippen LogP contribution is -2.30. The molecule has 0 fully saturated rings. The molecular formula is C15H22FNO2. The van der Waals surface area contributed by atoms with Crippen LogP contribution in [0, 0.1) is 5.82 Å². The SMILES string of the molecule is CC(C)=CCNCC(O)COCc1ccccc1F. The zero-order valence-electron chi connectivity index (χ0n) is 11.5. The third-order valence-electron chi connectivity index (χ3n) is 2.56. The predicted octanol–water partition coefficient (Wildman–Crippen LogP) is 2.26. The number of rotatable bonds is 8. The lowest BCUT2D eigenvalue weighted by molar-refractivity contribution is 0.0283. The fraction of sp³-hybridized carbons (Fsp3) is 0.467. The lowest BCUT2D eigenvalue weighted by atomic mass is 10.2. The van der Waals surface area contributed by atoms with E-state index in [1.807, 2.05) is 19.9 Å². The van der Waals surface area contributed by atoms with Crippen LogP contribution in [0.3, 0.4) is 0 Å². The van der Waals surface area contributed by atoms with Gasteiger partial charge in [0.05, 0.1) is 19.3 Å². The summed E-state index contributed by atoms with van der Waals surface area (Å²) in [5, 5.41) is 12.8. The van der Waals surface area contributed by atoms with Gasteiger partial charge in [0, 0.05) is 18.7 Å². The first-order chi connectivity index (χ1) is 9.09. The highest BCUT2D eigenvalue weighted by molar-refractivity contribution is 5.16. The Morgan fingerprint density at radius 3 is 2.84 bits per heavy atom. The standard InChI is InChI=1S/C15H22FNO2/c1-12(2)7-8-17-9-14(18)11-19-10-13-5-3-4-6-15(13)16/h3-7,14,17-18H,8-11H2,1-2H3. The zero-order chi connectivity index (χ0) is 14.1. The van der Waals surface area contributed by atoms with Crippen molar-refractivity contribution < 1.29 is 14.2 Å². The highest BCUT2D eigenvalue weighted by atomic mass is 19.1. The largest absolute Gasteiger partial charge is 0.389 e. The highest BCUT2D eigenvalue weighted by Crippen LogP contribution is 2.07. The van der Waals surface area contributed by atoms with Gasteiger partial charge in [-0.1, -0.05) is 29.8 Å². The quantitative estimate of drug-likeness (QED) is 0.561. The molecule has 19 heavy (non-hydrogen) atoms. The molecule has 0 heterocycles. The van der Waals surface area contributed by atoms with Crippen molar-refractivity contribution in [3.05, 3.63) is 47.3 Å². The third-order valence-corrected chi connectivity index (χ3v) is 2.56. The molecule has 2 N–H and O–H groups in total. The normalized spacial score (nSPS) is 12.2. The van der Waals surface area contributed by atoms with Crippen LogP contribution in [-0.4, -0.2) is 30.9 Å². The van der Waals surface area contributed by atoms with E-state index in [0.717, 1.165) is 6.54 Å². The third kappa shape index (κ3) is 7.06. The molecule has 0 bridgehead atoms. The van der Waals surface area contributed by atoms with E-state index >= 15 is 0 Å². The maximum Gasteiger partial charge on any atom is 0.128 e. The maximum absolute atomic E-state index is 13.3. The van der Waals surface area contributed by atoms with Crippen LogP contribution in [0.15, 0.2) is 35.9 Å². The van der Waals surface area contributed by atoms with Crippen LogP contribution in [-0.2, 0) is 11.3 Å². The fourth-order valence-electron chi connectivity index (χ4n) is 1.51. The van der Waals surface area contributed by atoms with Gasteiger partial charge in [-0.15, -0.1) is 0 Å². The zero-order valence-corrected chi connectivity index (χ0v) is 11.5. The minimum absolute atomic E-state index is 0.178. The number of halogens is 1. The number of aliphatic hydroxyl groups excluding tert-OH is 1. The summed E-state index contributed by atoms with van der Waals surface area (Å²) >= 11 is 0. The topological polar surface area (TPSA) is 41.5 Å². The van der Waals surface area contributed by atoms with Crippen molar-refractivity contribution in [2.24, 2.45) is 0 Å². The average molecular weight is 267 g/mol. The molecule has 1 atom stereocenters. The summed E-state index contributed by atoms with van der Waals surface area (Å²) in [5.41, 5.74) is 1.74. The molecule has 1 aromatic carbocycles. The summed E-state index contributed by atoms with van der Waals surface area (Å²) < 4.78 is 18.6. The van der Waals surface area contributed by atoms with Crippen LogP contribution in [0.4, 0.5) is 4.39 Å². The van der Waals surface area contributed by atoms with Gasteiger partial charge in [0.1, 0.15) is 5.82 Å². The van der Waals surface area contributed by atoms with Crippen molar-refractivity contribution >= 4 is 0 Å². The summed E-state index contributed by atoms with van der Waals surface area (Å²) in [6.07, 6.45) is 1.46. The number of hydrogen-bond donors (Lipinski definition) is 2. The Morgan fingerprint density at radius 1 is 1.42 bits per heavy atom. The fourth-order valence-corrected chi connectivity index (χ4v) is 1.51. The Balaban J connectivity index is 2.15. The Kier molecular flexibility index (Phi) is 7.33. The van der Waals surface area contributed by atoms with Gasteiger partial charge in [0.15, 0.2) is 0 Å². The molecule has 1 unspecified atom stereocenters. The van der Waals surface area contributed by atoms with E-state index in [-0.39, 0.29) is 19.0 Å². The number of hydrogen-bond acceptors (Lipinski definition) is 3. The molecule has 106 valence electrons. The maximum atomic E-state index is 13.3. The molecule has 0 amide bonds. The molecule has 0 saturated heterocycles. The predicted molar refractivity (Wildman–Crippen MR) is 74.4 cm³/mol.